The van der Waals surface area contributed by atoms with Crippen LogP contribution in [0.25, 0.3) is 11.3 Å². The Labute approximate surface area is 165 Å². The summed E-state index contributed by atoms with van der Waals surface area (Å²) in [7, 11) is 0. The lowest BCUT2D eigenvalue weighted by Crippen LogP contribution is -2.30. The van der Waals surface area contributed by atoms with Gasteiger partial charge >= 0.3 is 0 Å². The molecule has 3 aromatic rings. The van der Waals surface area contributed by atoms with Crippen LogP contribution in [-0.2, 0) is 13.1 Å². The first kappa shape index (κ1) is 18.4. The summed E-state index contributed by atoms with van der Waals surface area (Å²) < 4.78 is 0. The van der Waals surface area contributed by atoms with E-state index in [4.69, 9.17) is 0 Å². The molecule has 0 spiro atoms. The van der Waals surface area contributed by atoms with E-state index in [1.54, 1.807) is 18.5 Å². The molecular weight excluding hydrogens is 350 g/mol. The normalized spacial score (nSPS) is 14.7. The highest BCUT2D eigenvalue weighted by molar-refractivity contribution is 5.93. The van der Waals surface area contributed by atoms with E-state index in [-0.39, 0.29) is 5.91 Å². The van der Waals surface area contributed by atoms with Gasteiger partial charge in [-0.2, -0.15) is 5.10 Å². The monoisotopic (exact) mass is 375 g/mol. The third-order valence-electron chi connectivity index (χ3n) is 5.18. The number of carbonyl (C=O) groups is 1. The highest BCUT2D eigenvalue weighted by Crippen LogP contribution is 2.17. The number of benzene rings is 1. The molecule has 3 heterocycles. The van der Waals surface area contributed by atoms with E-state index in [0.29, 0.717) is 17.9 Å². The smallest absolute Gasteiger partial charge is 0.269 e. The van der Waals surface area contributed by atoms with Crippen LogP contribution in [0.4, 0.5) is 0 Å². The third-order valence-corrected chi connectivity index (χ3v) is 5.18. The van der Waals surface area contributed by atoms with Gasteiger partial charge in [-0.05, 0) is 55.3 Å². The van der Waals surface area contributed by atoms with Gasteiger partial charge in [0.1, 0.15) is 5.69 Å². The number of aromatic amines is 1. The molecule has 144 valence electrons. The zero-order valence-corrected chi connectivity index (χ0v) is 15.9. The number of pyridine rings is 1. The van der Waals surface area contributed by atoms with Gasteiger partial charge in [-0.1, -0.05) is 30.7 Å². The standard InChI is InChI=1S/C22H25N5O/c28-22(21-13-20(25-26-21)18-9-6-10-23-14-18)24-15-17-7-2-3-8-19(17)16-27-11-4-1-5-12-27/h2-3,6-10,13-14H,1,4-5,11-12,15-16H2,(H,24,28)(H,25,26). The molecule has 0 atom stereocenters. The number of hydrogen-bond acceptors (Lipinski definition) is 4. The fourth-order valence-corrected chi connectivity index (χ4v) is 3.61. The number of H-pyrrole nitrogens is 1. The maximum Gasteiger partial charge on any atom is 0.269 e. The number of piperidine rings is 1. The molecule has 0 radical (unpaired) electrons. The summed E-state index contributed by atoms with van der Waals surface area (Å²) >= 11 is 0. The maximum absolute atomic E-state index is 12.6. The summed E-state index contributed by atoms with van der Waals surface area (Å²) in [4.78, 5) is 19.1. The zero-order chi connectivity index (χ0) is 19.2. The van der Waals surface area contributed by atoms with Crippen molar-refractivity contribution in [1.82, 2.24) is 25.4 Å². The molecule has 2 aromatic heterocycles. The van der Waals surface area contributed by atoms with E-state index in [0.717, 1.165) is 30.8 Å². The number of carbonyl (C=O) groups excluding carboxylic acids is 1. The molecular formula is C22H25N5O. The highest BCUT2D eigenvalue weighted by Gasteiger charge is 2.14. The van der Waals surface area contributed by atoms with Gasteiger partial charge in [0.2, 0.25) is 0 Å². The zero-order valence-electron chi connectivity index (χ0n) is 15.9. The van der Waals surface area contributed by atoms with Crippen molar-refractivity contribution in [3.8, 4) is 11.3 Å². The fourth-order valence-electron chi connectivity index (χ4n) is 3.61. The summed E-state index contributed by atoms with van der Waals surface area (Å²) in [5.41, 5.74) is 4.49. The number of amides is 1. The molecule has 0 aliphatic carbocycles. The second kappa shape index (κ2) is 8.80. The Kier molecular flexibility index (Phi) is 5.77. The molecule has 1 aromatic carbocycles. The van der Waals surface area contributed by atoms with Crippen LogP contribution in [0.15, 0.2) is 54.9 Å². The minimum Gasteiger partial charge on any atom is -0.347 e. The summed E-state index contributed by atoms with van der Waals surface area (Å²) in [5.74, 6) is -0.157. The second-order valence-electron chi connectivity index (χ2n) is 7.20. The van der Waals surface area contributed by atoms with E-state index in [9.17, 15) is 4.79 Å². The van der Waals surface area contributed by atoms with Crippen molar-refractivity contribution in [2.24, 2.45) is 0 Å². The van der Waals surface area contributed by atoms with Gasteiger partial charge in [0, 0.05) is 31.0 Å². The first-order valence-corrected chi connectivity index (χ1v) is 9.83. The molecule has 1 fully saturated rings. The predicted molar refractivity (Wildman–Crippen MR) is 109 cm³/mol. The molecule has 0 unspecified atom stereocenters. The molecule has 6 heteroatoms. The Morgan fingerprint density at radius 1 is 1.07 bits per heavy atom. The van der Waals surface area contributed by atoms with E-state index < -0.39 is 0 Å². The van der Waals surface area contributed by atoms with E-state index in [2.05, 4.69) is 43.6 Å². The lowest BCUT2D eigenvalue weighted by atomic mass is 10.0. The van der Waals surface area contributed by atoms with Crippen molar-refractivity contribution in [3.05, 3.63) is 71.7 Å². The minimum atomic E-state index is -0.157. The SMILES string of the molecule is O=C(NCc1ccccc1CN1CCCCC1)c1cc(-c2cccnc2)n[nH]1. The minimum absolute atomic E-state index is 0.157. The van der Waals surface area contributed by atoms with Crippen molar-refractivity contribution in [1.29, 1.82) is 0 Å². The average Bonchev–Trinajstić information content (AvgIpc) is 3.25. The van der Waals surface area contributed by atoms with Gasteiger partial charge in [-0.3, -0.25) is 19.8 Å². The van der Waals surface area contributed by atoms with Crippen LogP contribution in [0.5, 0.6) is 0 Å². The number of aromatic nitrogens is 3. The lowest BCUT2D eigenvalue weighted by molar-refractivity contribution is 0.0945. The number of likely N-dealkylation sites (tertiary alicyclic amines) is 1. The summed E-state index contributed by atoms with van der Waals surface area (Å²) in [5, 5.41) is 10.1. The topological polar surface area (TPSA) is 73.9 Å². The summed E-state index contributed by atoms with van der Waals surface area (Å²) in [6.45, 7) is 3.77. The molecule has 4 rings (SSSR count). The van der Waals surface area contributed by atoms with Crippen molar-refractivity contribution < 1.29 is 4.79 Å². The molecule has 6 nitrogen and oxygen atoms in total. The van der Waals surface area contributed by atoms with Crippen LogP contribution < -0.4 is 5.32 Å². The number of rotatable bonds is 6. The van der Waals surface area contributed by atoms with Crippen molar-refractivity contribution in [2.75, 3.05) is 13.1 Å². The van der Waals surface area contributed by atoms with Crippen molar-refractivity contribution in [2.45, 2.75) is 32.4 Å². The Morgan fingerprint density at radius 3 is 2.68 bits per heavy atom. The molecule has 2 N–H and O–H groups in total. The Hall–Kier alpha value is -2.99. The van der Waals surface area contributed by atoms with Crippen LogP contribution in [0.2, 0.25) is 0 Å². The maximum atomic E-state index is 12.6. The van der Waals surface area contributed by atoms with Crippen molar-refractivity contribution >= 4 is 5.91 Å². The molecule has 0 bridgehead atoms. The molecule has 1 aliphatic rings. The summed E-state index contributed by atoms with van der Waals surface area (Å²) in [6, 6.07) is 13.9. The number of hydrogen-bond donors (Lipinski definition) is 2. The first-order valence-electron chi connectivity index (χ1n) is 9.83. The third kappa shape index (κ3) is 4.46. The van der Waals surface area contributed by atoms with Gasteiger partial charge < -0.3 is 5.32 Å². The van der Waals surface area contributed by atoms with Gasteiger partial charge in [0.05, 0.1) is 5.69 Å². The van der Waals surface area contributed by atoms with Crippen LogP contribution in [0, 0.1) is 0 Å². The Balaban J connectivity index is 1.39. The van der Waals surface area contributed by atoms with E-state index >= 15 is 0 Å². The van der Waals surface area contributed by atoms with Gasteiger partial charge in [0.15, 0.2) is 0 Å². The second-order valence-corrected chi connectivity index (χ2v) is 7.20. The van der Waals surface area contributed by atoms with E-state index in [1.165, 1.54) is 24.8 Å². The Morgan fingerprint density at radius 2 is 1.89 bits per heavy atom. The van der Waals surface area contributed by atoms with Crippen molar-refractivity contribution in [3.63, 3.8) is 0 Å². The van der Waals surface area contributed by atoms with Gasteiger partial charge in [-0.15, -0.1) is 0 Å². The molecule has 0 saturated carbocycles. The van der Waals surface area contributed by atoms with Crippen LogP contribution in [0.1, 0.15) is 40.9 Å². The molecule has 1 saturated heterocycles. The first-order chi connectivity index (χ1) is 13.8. The van der Waals surface area contributed by atoms with Crippen LogP contribution in [-0.4, -0.2) is 39.1 Å². The highest BCUT2D eigenvalue weighted by atomic mass is 16.1. The largest absolute Gasteiger partial charge is 0.347 e. The molecule has 1 aliphatic heterocycles. The average molecular weight is 375 g/mol. The number of nitrogens with zero attached hydrogens (tertiary/aromatic N) is 3. The van der Waals surface area contributed by atoms with Gasteiger partial charge in [-0.25, -0.2) is 0 Å². The number of nitrogens with one attached hydrogen (secondary N) is 2. The summed E-state index contributed by atoms with van der Waals surface area (Å²) in [6.07, 6.45) is 7.33. The predicted octanol–water partition coefficient (Wildman–Crippen LogP) is 3.39. The lowest BCUT2D eigenvalue weighted by Gasteiger charge is -2.27. The quantitative estimate of drug-likeness (QED) is 0.693. The fraction of sp³-hybridized carbons (Fsp3) is 0.318. The van der Waals surface area contributed by atoms with Crippen LogP contribution >= 0.6 is 0 Å². The van der Waals surface area contributed by atoms with Gasteiger partial charge in [0.25, 0.3) is 5.91 Å². The Bertz CT molecular complexity index is 915. The van der Waals surface area contributed by atoms with E-state index in [1.807, 2.05) is 18.2 Å². The molecule has 28 heavy (non-hydrogen) atoms. The van der Waals surface area contributed by atoms with Crippen LogP contribution in [0.3, 0.4) is 0 Å². The molecule has 1 amide bonds.